The van der Waals surface area contributed by atoms with E-state index >= 15 is 0 Å². The van der Waals surface area contributed by atoms with Gasteiger partial charge in [0, 0.05) is 17.8 Å². The molecule has 0 spiro atoms. The van der Waals surface area contributed by atoms with Crippen LogP contribution in [0.2, 0.25) is 0 Å². The van der Waals surface area contributed by atoms with Gasteiger partial charge in [0.15, 0.2) is 0 Å². The van der Waals surface area contributed by atoms with E-state index in [9.17, 15) is 4.79 Å². The minimum atomic E-state index is -0.232. The molecule has 1 N–H and O–H groups in total. The minimum absolute atomic E-state index is 0.154. The van der Waals surface area contributed by atoms with Crippen LogP contribution in [0.3, 0.4) is 0 Å². The first-order chi connectivity index (χ1) is 10.5. The first kappa shape index (κ1) is 14.2. The lowest BCUT2D eigenvalue weighted by atomic mass is 10.1. The van der Waals surface area contributed by atoms with Gasteiger partial charge in [0.05, 0.1) is 22.8 Å². The van der Waals surface area contributed by atoms with Crippen molar-refractivity contribution in [2.24, 2.45) is 0 Å². The van der Waals surface area contributed by atoms with Crippen LogP contribution >= 0.6 is 0 Å². The molecule has 0 atom stereocenters. The standard InChI is InChI=1S/C15H17N5O2/c1-8(2)20-12(5-6-16-20)18-14(21)11-7-9(3)17-15-13(11)10(4)19-22-15/h5-8H,1-4H3,(H,18,21). The topological polar surface area (TPSA) is 85.8 Å². The van der Waals surface area contributed by atoms with E-state index in [1.54, 1.807) is 29.9 Å². The van der Waals surface area contributed by atoms with E-state index in [-0.39, 0.29) is 11.9 Å². The molecule has 0 radical (unpaired) electrons. The van der Waals surface area contributed by atoms with Crippen LogP contribution in [0, 0.1) is 13.8 Å². The third-order valence-electron chi connectivity index (χ3n) is 3.39. The molecule has 3 aromatic heterocycles. The number of amides is 1. The Hall–Kier alpha value is -2.70. The molecule has 3 rings (SSSR count). The van der Waals surface area contributed by atoms with Gasteiger partial charge >= 0.3 is 0 Å². The number of aryl methyl sites for hydroxylation is 2. The van der Waals surface area contributed by atoms with Gasteiger partial charge in [0.25, 0.3) is 11.6 Å². The Bertz CT molecular complexity index is 847. The Morgan fingerprint density at radius 2 is 2.14 bits per heavy atom. The molecule has 0 aliphatic rings. The maximum absolute atomic E-state index is 12.7. The summed E-state index contributed by atoms with van der Waals surface area (Å²) in [5.74, 6) is 0.418. The van der Waals surface area contributed by atoms with Gasteiger partial charge in [-0.3, -0.25) is 4.79 Å². The molecule has 3 heterocycles. The van der Waals surface area contributed by atoms with Crippen molar-refractivity contribution < 1.29 is 9.32 Å². The van der Waals surface area contributed by atoms with Crippen LogP contribution in [0.4, 0.5) is 5.82 Å². The molecule has 3 aromatic rings. The molecule has 114 valence electrons. The highest BCUT2D eigenvalue weighted by atomic mass is 16.5. The van der Waals surface area contributed by atoms with E-state index in [2.05, 4.69) is 20.6 Å². The Balaban J connectivity index is 2.02. The van der Waals surface area contributed by atoms with Gasteiger partial charge in [-0.2, -0.15) is 5.10 Å². The van der Waals surface area contributed by atoms with Gasteiger partial charge in [0.2, 0.25) is 0 Å². The summed E-state index contributed by atoms with van der Waals surface area (Å²) in [6.45, 7) is 7.60. The summed E-state index contributed by atoms with van der Waals surface area (Å²) in [7, 11) is 0. The summed E-state index contributed by atoms with van der Waals surface area (Å²) in [6.07, 6.45) is 1.66. The molecule has 0 bridgehead atoms. The van der Waals surface area contributed by atoms with Crippen LogP contribution in [-0.2, 0) is 0 Å². The third kappa shape index (κ3) is 2.34. The van der Waals surface area contributed by atoms with Gasteiger partial charge < -0.3 is 9.84 Å². The fourth-order valence-electron chi connectivity index (χ4n) is 2.41. The molecule has 0 unspecified atom stereocenters. The van der Waals surface area contributed by atoms with Crippen LogP contribution in [0.25, 0.3) is 11.1 Å². The number of fused-ring (bicyclic) bond motifs is 1. The number of aromatic nitrogens is 4. The number of pyridine rings is 1. The molecule has 0 aliphatic carbocycles. The Kier molecular flexibility index (Phi) is 3.40. The fourth-order valence-corrected chi connectivity index (χ4v) is 2.41. The lowest BCUT2D eigenvalue weighted by Crippen LogP contribution is -2.17. The predicted octanol–water partition coefficient (Wildman–Crippen LogP) is 2.87. The monoisotopic (exact) mass is 299 g/mol. The highest BCUT2D eigenvalue weighted by Gasteiger charge is 2.19. The fraction of sp³-hybridized carbons (Fsp3) is 0.333. The summed E-state index contributed by atoms with van der Waals surface area (Å²) < 4.78 is 6.91. The summed E-state index contributed by atoms with van der Waals surface area (Å²) in [5.41, 5.74) is 2.22. The Morgan fingerprint density at radius 3 is 2.86 bits per heavy atom. The molecule has 7 nitrogen and oxygen atoms in total. The zero-order valence-electron chi connectivity index (χ0n) is 12.9. The summed E-state index contributed by atoms with van der Waals surface area (Å²) >= 11 is 0. The summed E-state index contributed by atoms with van der Waals surface area (Å²) in [5, 5.41) is 11.6. The molecule has 0 saturated heterocycles. The van der Waals surface area contributed by atoms with Gasteiger partial charge in [-0.1, -0.05) is 5.16 Å². The maximum Gasteiger partial charge on any atom is 0.258 e. The maximum atomic E-state index is 12.7. The molecule has 0 fully saturated rings. The van der Waals surface area contributed by atoms with Crippen molar-refractivity contribution in [1.29, 1.82) is 0 Å². The molecule has 0 aromatic carbocycles. The van der Waals surface area contributed by atoms with Crippen LogP contribution in [0.5, 0.6) is 0 Å². The molecule has 0 saturated carbocycles. The van der Waals surface area contributed by atoms with E-state index in [1.807, 2.05) is 20.8 Å². The molecule has 1 amide bonds. The first-order valence-corrected chi connectivity index (χ1v) is 7.06. The first-order valence-electron chi connectivity index (χ1n) is 7.06. The number of rotatable bonds is 3. The average Bonchev–Trinajstić information content (AvgIpc) is 3.05. The van der Waals surface area contributed by atoms with E-state index in [0.29, 0.717) is 33.9 Å². The van der Waals surface area contributed by atoms with E-state index in [0.717, 1.165) is 0 Å². The van der Waals surface area contributed by atoms with Crippen LogP contribution in [-0.4, -0.2) is 25.8 Å². The Morgan fingerprint density at radius 1 is 1.36 bits per heavy atom. The third-order valence-corrected chi connectivity index (χ3v) is 3.39. The van der Waals surface area contributed by atoms with Crippen molar-refractivity contribution in [2.75, 3.05) is 5.32 Å². The van der Waals surface area contributed by atoms with Crippen molar-refractivity contribution in [2.45, 2.75) is 33.7 Å². The number of carbonyl (C=O) groups excluding carboxylic acids is 1. The van der Waals surface area contributed by atoms with Gasteiger partial charge in [0.1, 0.15) is 5.82 Å². The second-order valence-electron chi connectivity index (χ2n) is 5.47. The normalized spacial score (nSPS) is 11.3. The highest BCUT2D eigenvalue weighted by molar-refractivity contribution is 6.12. The number of carbonyl (C=O) groups is 1. The quantitative estimate of drug-likeness (QED) is 0.803. The second-order valence-corrected chi connectivity index (χ2v) is 5.47. The number of hydrogen-bond donors (Lipinski definition) is 1. The van der Waals surface area contributed by atoms with E-state index < -0.39 is 0 Å². The van der Waals surface area contributed by atoms with Crippen molar-refractivity contribution in [3.05, 3.63) is 35.3 Å². The molecule has 22 heavy (non-hydrogen) atoms. The zero-order chi connectivity index (χ0) is 15.9. The number of hydrogen-bond acceptors (Lipinski definition) is 5. The van der Waals surface area contributed by atoms with Crippen molar-refractivity contribution in [3.8, 4) is 0 Å². The molecule has 7 heteroatoms. The van der Waals surface area contributed by atoms with Crippen molar-refractivity contribution in [1.82, 2.24) is 19.9 Å². The number of anilines is 1. The lowest BCUT2D eigenvalue weighted by molar-refractivity contribution is 0.102. The highest BCUT2D eigenvalue weighted by Crippen LogP contribution is 2.23. The SMILES string of the molecule is Cc1cc(C(=O)Nc2ccnn2C(C)C)c2c(C)noc2n1. The lowest BCUT2D eigenvalue weighted by Gasteiger charge is -2.12. The second kappa shape index (κ2) is 5.25. The zero-order valence-corrected chi connectivity index (χ0v) is 12.9. The largest absolute Gasteiger partial charge is 0.336 e. The molecular formula is C15H17N5O2. The van der Waals surface area contributed by atoms with E-state index in [1.165, 1.54) is 0 Å². The van der Waals surface area contributed by atoms with Gasteiger partial charge in [-0.15, -0.1) is 0 Å². The summed E-state index contributed by atoms with van der Waals surface area (Å²) in [4.78, 5) is 16.9. The average molecular weight is 299 g/mol. The number of nitrogens with one attached hydrogen (secondary N) is 1. The smallest absolute Gasteiger partial charge is 0.258 e. The van der Waals surface area contributed by atoms with Crippen LogP contribution in [0.15, 0.2) is 22.9 Å². The minimum Gasteiger partial charge on any atom is -0.336 e. The Labute approximate surface area is 127 Å². The van der Waals surface area contributed by atoms with E-state index in [4.69, 9.17) is 4.52 Å². The molecule has 0 aliphatic heterocycles. The van der Waals surface area contributed by atoms with Crippen molar-refractivity contribution in [3.63, 3.8) is 0 Å². The predicted molar refractivity (Wildman–Crippen MR) is 81.8 cm³/mol. The summed E-state index contributed by atoms with van der Waals surface area (Å²) in [6, 6.07) is 3.66. The number of nitrogens with zero attached hydrogens (tertiary/aromatic N) is 4. The molecular weight excluding hydrogens is 282 g/mol. The van der Waals surface area contributed by atoms with Crippen molar-refractivity contribution >= 4 is 22.8 Å². The van der Waals surface area contributed by atoms with Gasteiger partial charge in [-0.05, 0) is 33.8 Å². The van der Waals surface area contributed by atoms with Crippen LogP contribution in [0.1, 0.15) is 41.6 Å². The van der Waals surface area contributed by atoms with Gasteiger partial charge in [-0.25, -0.2) is 9.67 Å². The van der Waals surface area contributed by atoms with Crippen LogP contribution < -0.4 is 5.32 Å².